The van der Waals surface area contributed by atoms with E-state index in [1.807, 2.05) is 0 Å². The summed E-state index contributed by atoms with van der Waals surface area (Å²) in [6, 6.07) is 15.7. The van der Waals surface area contributed by atoms with E-state index in [-0.39, 0.29) is 23.8 Å². The maximum atomic E-state index is 13.0. The molecule has 0 aromatic heterocycles. The van der Waals surface area contributed by atoms with Crippen LogP contribution in [0.1, 0.15) is 21.5 Å². The summed E-state index contributed by atoms with van der Waals surface area (Å²) in [6.07, 6.45) is 2.44. The largest absolute Gasteiger partial charge is 0.504 e. The van der Waals surface area contributed by atoms with E-state index < -0.39 is 28.2 Å². The third-order valence-corrected chi connectivity index (χ3v) is 5.13. The van der Waals surface area contributed by atoms with Gasteiger partial charge in [-0.05, 0) is 48.0 Å². The van der Waals surface area contributed by atoms with Crippen LogP contribution in [0.4, 0.5) is 5.69 Å². The van der Waals surface area contributed by atoms with Gasteiger partial charge in [-0.3, -0.25) is 19.7 Å². The highest BCUT2D eigenvalue weighted by atomic mass is 16.7. The Balaban J connectivity index is 1.60. The summed E-state index contributed by atoms with van der Waals surface area (Å²) in [6.45, 7) is 0.0729. The molecule has 3 N–H and O–H groups in total. The number of carbonyl (C=O) groups is 2. The molecule has 188 valence electrons. The number of hydrogen-bond donors (Lipinski definition) is 3. The molecule has 1 heterocycles. The number of fused-ring (bicyclic) bond motifs is 1. The summed E-state index contributed by atoms with van der Waals surface area (Å²) < 4.78 is 15.6. The SMILES string of the molecule is COc1c(O)ccc(/C=N/NC(=O)C(=Cc2ccc3c(c2)OCO3)NC(=O)c2ccccc2)c1[N+](=O)[O-]. The number of carbonyl (C=O) groups excluding carboxylic acids is 2. The number of hydrogen-bond acceptors (Lipinski definition) is 9. The molecule has 0 fully saturated rings. The molecule has 3 aromatic carbocycles. The number of rotatable bonds is 8. The highest BCUT2D eigenvalue weighted by Crippen LogP contribution is 2.38. The lowest BCUT2D eigenvalue weighted by Crippen LogP contribution is -2.32. The van der Waals surface area contributed by atoms with Crippen molar-refractivity contribution in [3.05, 3.63) is 93.2 Å². The second kappa shape index (κ2) is 10.9. The van der Waals surface area contributed by atoms with E-state index in [2.05, 4.69) is 15.8 Å². The van der Waals surface area contributed by atoms with Gasteiger partial charge in [-0.2, -0.15) is 5.10 Å². The van der Waals surface area contributed by atoms with Gasteiger partial charge in [0.1, 0.15) is 5.70 Å². The second-order valence-electron chi connectivity index (χ2n) is 7.50. The molecule has 0 bridgehead atoms. The van der Waals surface area contributed by atoms with E-state index in [0.717, 1.165) is 6.21 Å². The number of amides is 2. The van der Waals surface area contributed by atoms with Crippen molar-refractivity contribution in [3.63, 3.8) is 0 Å². The number of aromatic hydroxyl groups is 1. The average Bonchev–Trinajstić information content (AvgIpc) is 3.37. The maximum Gasteiger partial charge on any atom is 0.323 e. The first kappa shape index (κ1) is 24.7. The molecule has 12 heteroatoms. The lowest BCUT2D eigenvalue weighted by Gasteiger charge is -2.10. The number of nitrogens with zero attached hydrogens (tertiary/aromatic N) is 2. The standard InChI is InChI=1S/C25H20N4O8/c1-35-23-19(30)9-8-17(22(23)29(33)34)13-26-28-25(32)18(27-24(31)16-5-3-2-4-6-16)11-15-7-10-20-21(12-15)37-14-36-20/h2-13,30H,14H2,1H3,(H,27,31)(H,28,32)/b18-11?,26-13+. The molecule has 0 atom stereocenters. The third kappa shape index (κ3) is 5.65. The van der Waals surface area contributed by atoms with Crippen molar-refractivity contribution in [1.29, 1.82) is 0 Å². The number of benzene rings is 3. The molecule has 37 heavy (non-hydrogen) atoms. The minimum absolute atomic E-state index is 0.0328. The summed E-state index contributed by atoms with van der Waals surface area (Å²) in [7, 11) is 1.17. The van der Waals surface area contributed by atoms with Gasteiger partial charge in [0.25, 0.3) is 11.8 Å². The van der Waals surface area contributed by atoms with Gasteiger partial charge in [0.15, 0.2) is 17.2 Å². The number of phenols is 1. The fourth-order valence-corrected chi connectivity index (χ4v) is 3.40. The molecule has 12 nitrogen and oxygen atoms in total. The fourth-order valence-electron chi connectivity index (χ4n) is 3.40. The normalized spacial score (nSPS) is 12.3. The zero-order valence-corrected chi connectivity index (χ0v) is 19.3. The number of hydrazone groups is 1. The lowest BCUT2D eigenvalue weighted by atomic mass is 10.1. The third-order valence-electron chi connectivity index (χ3n) is 5.13. The zero-order chi connectivity index (χ0) is 26.4. The monoisotopic (exact) mass is 504 g/mol. The van der Waals surface area contributed by atoms with Crippen molar-refractivity contribution in [2.24, 2.45) is 5.10 Å². The molecule has 2 amide bonds. The first-order chi connectivity index (χ1) is 17.9. The molecule has 0 radical (unpaired) electrons. The van der Waals surface area contributed by atoms with E-state index in [9.17, 15) is 24.8 Å². The number of nitro groups is 1. The predicted octanol–water partition coefficient (Wildman–Crippen LogP) is 2.96. The van der Waals surface area contributed by atoms with Gasteiger partial charge < -0.3 is 24.6 Å². The molecule has 1 aliphatic rings. The summed E-state index contributed by atoms with van der Waals surface area (Å²) in [5.41, 5.74) is 2.38. The van der Waals surface area contributed by atoms with Crippen molar-refractivity contribution in [3.8, 4) is 23.0 Å². The molecule has 4 rings (SSSR count). The summed E-state index contributed by atoms with van der Waals surface area (Å²) in [5, 5.41) is 27.7. The van der Waals surface area contributed by atoms with Crippen molar-refractivity contribution in [1.82, 2.24) is 10.7 Å². The summed E-state index contributed by atoms with van der Waals surface area (Å²) >= 11 is 0. The van der Waals surface area contributed by atoms with Crippen LogP contribution in [0.15, 0.2) is 71.5 Å². The zero-order valence-electron chi connectivity index (χ0n) is 19.3. The highest BCUT2D eigenvalue weighted by molar-refractivity contribution is 6.05. The quantitative estimate of drug-likeness (QED) is 0.183. The first-order valence-corrected chi connectivity index (χ1v) is 10.7. The van der Waals surface area contributed by atoms with Gasteiger partial charge in [0.2, 0.25) is 12.5 Å². The Morgan fingerprint density at radius 2 is 1.86 bits per heavy atom. The lowest BCUT2D eigenvalue weighted by molar-refractivity contribution is -0.386. The van der Waals surface area contributed by atoms with Crippen LogP contribution in [-0.2, 0) is 4.79 Å². The van der Waals surface area contributed by atoms with E-state index in [4.69, 9.17) is 14.2 Å². The number of methoxy groups -OCH3 is 1. The molecule has 3 aromatic rings. The first-order valence-electron chi connectivity index (χ1n) is 10.7. The average molecular weight is 504 g/mol. The molecule has 1 aliphatic heterocycles. The Bertz CT molecular complexity index is 1420. The van der Waals surface area contributed by atoms with Gasteiger partial charge in [-0.25, -0.2) is 5.43 Å². The van der Waals surface area contributed by atoms with Crippen LogP contribution in [0.3, 0.4) is 0 Å². The van der Waals surface area contributed by atoms with Gasteiger partial charge >= 0.3 is 5.69 Å². The van der Waals surface area contributed by atoms with Crippen LogP contribution in [0.25, 0.3) is 6.08 Å². The summed E-state index contributed by atoms with van der Waals surface area (Å²) in [5.74, 6) is -1.08. The van der Waals surface area contributed by atoms with Crippen LogP contribution in [0, 0.1) is 10.1 Å². The molecule has 0 saturated heterocycles. The summed E-state index contributed by atoms with van der Waals surface area (Å²) in [4.78, 5) is 36.4. The number of nitro benzene ring substituents is 1. The topological polar surface area (TPSA) is 162 Å². The van der Waals surface area contributed by atoms with E-state index >= 15 is 0 Å². The minimum atomic E-state index is -0.799. The van der Waals surface area contributed by atoms with Crippen molar-refractivity contribution in [2.75, 3.05) is 13.9 Å². The molecule has 0 spiro atoms. The predicted molar refractivity (Wildman–Crippen MR) is 132 cm³/mol. The van der Waals surface area contributed by atoms with Gasteiger partial charge in [0, 0.05) is 5.56 Å². The Hall–Kier alpha value is -5.39. The van der Waals surface area contributed by atoms with Crippen LogP contribution in [0.2, 0.25) is 0 Å². The Morgan fingerprint density at radius 1 is 1.11 bits per heavy atom. The van der Waals surface area contributed by atoms with Crippen LogP contribution in [-0.4, -0.2) is 42.0 Å². The van der Waals surface area contributed by atoms with Crippen LogP contribution >= 0.6 is 0 Å². The number of ether oxygens (including phenoxy) is 3. The number of nitrogens with one attached hydrogen (secondary N) is 2. The van der Waals surface area contributed by atoms with Crippen LogP contribution in [0.5, 0.6) is 23.0 Å². The second-order valence-corrected chi connectivity index (χ2v) is 7.50. The maximum absolute atomic E-state index is 13.0. The molecule has 0 saturated carbocycles. The van der Waals surface area contributed by atoms with E-state index in [1.165, 1.54) is 25.3 Å². The fraction of sp³-hybridized carbons (Fsp3) is 0.0800. The Labute approximate surface area is 209 Å². The molecule has 0 unspecified atom stereocenters. The van der Waals surface area contributed by atoms with Gasteiger partial charge in [-0.1, -0.05) is 24.3 Å². The Kier molecular flexibility index (Phi) is 7.29. The van der Waals surface area contributed by atoms with Gasteiger partial charge in [0.05, 0.1) is 23.8 Å². The smallest absolute Gasteiger partial charge is 0.323 e. The molecular formula is C25H20N4O8. The van der Waals surface area contributed by atoms with Crippen molar-refractivity contribution in [2.45, 2.75) is 0 Å². The number of phenolic OH excluding ortho intramolecular Hbond substituents is 1. The highest BCUT2D eigenvalue weighted by Gasteiger charge is 2.23. The minimum Gasteiger partial charge on any atom is -0.504 e. The van der Waals surface area contributed by atoms with Crippen molar-refractivity contribution < 1.29 is 33.8 Å². The van der Waals surface area contributed by atoms with Crippen molar-refractivity contribution >= 4 is 29.8 Å². The van der Waals surface area contributed by atoms with E-state index in [0.29, 0.717) is 22.6 Å². The van der Waals surface area contributed by atoms with Gasteiger partial charge in [-0.15, -0.1) is 0 Å². The van der Waals surface area contributed by atoms with Crippen LogP contribution < -0.4 is 25.0 Å². The molecule has 0 aliphatic carbocycles. The molecular weight excluding hydrogens is 484 g/mol. The van der Waals surface area contributed by atoms with E-state index in [1.54, 1.807) is 48.5 Å². The Morgan fingerprint density at radius 3 is 2.59 bits per heavy atom.